The third-order valence-corrected chi connectivity index (χ3v) is 4.47. The number of rotatable bonds is 6. The molecular weight excluding hydrogens is 314 g/mol. The smallest absolute Gasteiger partial charge is 0.254 e. The molecule has 128 valence electrons. The summed E-state index contributed by atoms with van der Waals surface area (Å²) >= 11 is 6.31. The Labute approximate surface area is 143 Å². The first-order valence-corrected chi connectivity index (χ1v) is 8.86. The van der Waals surface area contributed by atoms with Crippen LogP contribution >= 0.6 is 11.6 Å². The molecule has 0 aliphatic carbocycles. The Bertz CT molecular complexity index is 547. The van der Waals surface area contributed by atoms with Crippen LogP contribution in [0.15, 0.2) is 12.1 Å². The zero-order chi connectivity index (χ0) is 16.8. The lowest BCUT2D eigenvalue weighted by molar-refractivity contribution is 0.0685. The van der Waals surface area contributed by atoms with Gasteiger partial charge in [0.05, 0.1) is 18.2 Å². The fourth-order valence-corrected chi connectivity index (χ4v) is 2.86. The summed E-state index contributed by atoms with van der Waals surface area (Å²) in [6, 6.07) is 3.65. The lowest BCUT2D eigenvalue weighted by Gasteiger charge is -2.29. The summed E-state index contributed by atoms with van der Waals surface area (Å²) in [6.45, 7) is 8.22. The number of amides is 1. The molecule has 0 saturated heterocycles. The Kier molecular flexibility index (Phi) is 6.58. The maximum atomic E-state index is 12.9. The number of hydrogen-bond donors (Lipinski definition) is 0. The quantitative estimate of drug-likeness (QED) is 0.763. The van der Waals surface area contributed by atoms with Gasteiger partial charge < -0.3 is 14.4 Å². The number of carbonyl (C=O) groups excluding carboxylic acids is 1. The first-order valence-electron chi connectivity index (χ1n) is 8.48. The van der Waals surface area contributed by atoms with E-state index in [0.29, 0.717) is 35.3 Å². The summed E-state index contributed by atoms with van der Waals surface area (Å²) in [5, 5.41) is 0.437. The molecule has 1 aromatic rings. The average Bonchev–Trinajstić information content (AvgIpc) is 2.80. The van der Waals surface area contributed by atoms with Gasteiger partial charge in [0.25, 0.3) is 5.91 Å². The van der Waals surface area contributed by atoms with Crippen molar-refractivity contribution in [2.45, 2.75) is 52.5 Å². The summed E-state index contributed by atoms with van der Waals surface area (Å²) in [5.41, 5.74) is 0.565. The minimum absolute atomic E-state index is 0.00495. The maximum Gasteiger partial charge on any atom is 0.254 e. The number of unbranched alkanes of at least 4 members (excludes halogenated alkanes) is 1. The van der Waals surface area contributed by atoms with Crippen molar-refractivity contribution in [1.82, 2.24) is 4.90 Å². The fraction of sp³-hybridized carbons (Fsp3) is 0.611. The van der Waals surface area contributed by atoms with Crippen molar-refractivity contribution < 1.29 is 14.3 Å². The summed E-state index contributed by atoms with van der Waals surface area (Å²) in [6.07, 6.45) is 3.79. The third kappa shape index (κ3) is 4.31. The van der Waals surface area contributed by atoms with Gasteiger partial charge in [-0.05, 0) is 31.9 Å². The molecule has 0 spiro atoms. The molecule has 23 heavy (non-hydrogen) atoms. The van der Waals surface area contributed by atoms with E-state index >= 15 is 0 Å². The second kappa shape index (κ2) is 8.44. The summed E-state index contributed by atoms with van der Waals surface area (Å²) in [4.78, 5) is 14.9. The number of ether oxygens (including phenoxy) is 2. The predicted octanol–water partition coefficient (Wildman–Crippen LogP) is 4.54. The Morgan fingerprint density at radius 3 is 2.74 bits per heavy atom. The maximum absolute atomic E-state index is 12.9. The highest BCUT2D eigenvalue weighted by Gasteiger charge is 2.24. The Balaban J connectivity index is 2.29. The molecule has 0 N–H and O–H groups in total. The number of hydrogen-bond acceptors (Lipinski definition) is 3. The van der Waals surface area contributed by atoms with Crippen LogP contribution in [0.1, 0.15) is 56.8 Å². The van der Waals surface area contributed by atoms with Gasteiger partial charge in [-0.15, -0.1) is 0 Å². The molecule has 1 amide bonds. The molecule has 0 fully saturated rings. The van der Waals surface area contributed by atoms with E-state index in [9.17, 15) is 4.79 Å². The largest absolute Gasteiger partial charge is 0.489 e. The van der Waals surface area contributed by atoms with E-state index in [4.69, 9.17) is 21.1 Å². The molecule has 1 heterocycles. The topological polar surface area (TPSA) is 38.8 Å². The zero-order valence-corrected chi connectivity index (χ0v) is 15.0. The SMILES string of the molecule is CCCCN(C(=O)c1cc(Cl)c2c(c1)OCCCO2)C(C)CC. The van der Waals surface area contributed by atoms with Gasteiger partial charge in [-0.2, -0.15) is 0 Å². The van der Waals surface area contributed by atoms with Crippen LogP contribution in [-0.4, -0.2) is 36.6 Å². The molecule has 2 rings (SSSR count). The van der Waals surface area contributed by atoms with E-state index < -0.39 is 0 Å². The van der Waals surface area contributed by atoms with Gasteiger partial charge in [0, 0.05) is 24.6 Å². The van der Waals surface area contributed by atoms with Crippen molar-refractivity contribution >= 4 is 17.5 Å². The molecule has 4 nitrogen and oxygen atoms in total. The molecule has 1 atom stereocenters. The van der Waals surface area contributed by atoms with Crippen molar-refractivity contribution in [3.05, 3.63) is 22.7 Å². The fourth-order valence-electron chi connectivity index (χ4n) is 2.59. The van der Waals surface area contributed by atoms with Crippen molar-refractivity contribution in [2.75, 3.05) is 19.8 Å². The Morgan fingerprint density at radius 1 is 1.30 bits per heavy atom. The lowest BCUT2D eigenvalue weighted by atomic mass is 10.1. The average molecular weight is 340 g/mol. The van der Waals surface area contributed by atoms with Crippen molar-refractivity contribution in [3.8, 4) is 11.5 Å². The van der Waals surface area contributed by atoms with Crippen molar-refractivity contribution in [2.24, 2.45) is 0 Å². The van der Waals surface area contributed by atoms with Gasteiger partial charge in [-0.25, -0.2) is 0 Å². The molecule has 5 heteroatoms. The molecule has 0 aromatic heterocycles. The molecule has 0 bridgehead atoms. The van der Waals surface area contributed by atoms with Gasteiger partial charge in [0.1, 0.15) is 0 Å². The monoisotopic (exact) mass is 339 g/mol. The second-order valence-electron chi connectivity index (χ2n) is 5.95. The van der Waals surface area contributed by atoms with E-state index in [-0.39, 0.29) is 11.9 Å². The van der Waals surface area contributed by atoms with E-state index in [1.54, 1.807) is 12.1 Å². The third-order valence-electron chi connectivity index (χ3n) is 4.19. The molecule has 1 aliphatic heterocycles. The van der Waals surface area contributed by atoms with Crippen LogP contribution in [0.3, 0.4) is 0 Å². The van der Waals surface area contributed by atoms with Crippen LogP contribution in [0.5, 0.6) is 11.5 Å². The number of nitrogens with zero attached hydrogens (tertiary/aromatic N) is 1. The zero-order valence-electron chi connectivity index (χ0n) is 14.2. The van der Waals surface area contributed by atoms with Gasteiger partial charge in [-0.3, -0.25) is 4.79 Å². The van der Waals surface area contributed by atoms with E-state index in [2.05, 4.69) is 20.8 Å². The van der Waals surface area contributed by atoms with Crippen LogP contribution in [0, 0.1) is 0 Å². The lowest BCUT2D eigenvalue weighted by Crippen LogP contribution is -2.39. The van der Waals surface area contributed by atoms with Gasteiger partial charge in [-0.1, -0.05) is 31.9 Å². The summed E-state index contributed by atoms with van der Waals surface area (Å²) in [7, 11) is 0. The molecule has 1 unspecified atom stereocenters. The summed E-state index contributed by atoms with van der Waals surface area (Å²) < 4.78 is 11.3. The van der Waals surface area contributed by atoms with Crippen LogP contribution in [0.25, 0.3) is 0 Å². The molecule has 0 radical (unpaired) electrons. The summed E-state index contributed by atoms with van der Waals surface area (Å²) in [5.74, 6) is 1.12. The van der Waals surface area contributed by atoms with Crippen molar-refractivity contribution in [1.29, 1.82) is 0 Å². The Hall–Kier alpha value is -1.42. The number of carbonyl (C=O) groups is 1. The van der Waals surface area contributed by atoms with E-state index in [1.165, 1.54) is 0 Å². The van der Waals surface area contributed by atoms with Gasteiger partial charge in [0.15, 0.2) is 11.5 Å². The van der Waals surface area contributed by atoms with Crippen LogP contribution < -0.4 is 9.47 Å². The minimum Gasteiger partial charge on any atom is -0.489 e. The van der Waals surface area contributed by atoms with E-state index in [1.807, 2.05) is 4.90 Å². The van der Waals surface area contributed by atoms with Crippen LogP contribution in [0.2, 0.25) is 5.02 Å². The van der Waals surface area contributed by atoms with Crippen LogP contribution in [0.4, 0.5) is 0 Å². The Morgan fingerprint density at radius 2 is 2.04 bits per heavy atom. The standard InChI is InChI=1S/C18H26ClNO3/c1-4-6-8-20(13(3)5-2)18(21)14-11-15(19)17-16(12-14)22-9-7-10-23-17/h11-13H,4-10H2,1-3H3. The molecule has 1 aliphatic rings. The van der Waals surface area contributed by atoms with Crippen LogP contribution in [-0.2, 0) is 0 Å². The molecule has 0 saturated carbocycles. The van der Waals surface area contributed by atoms with Gasteiger partial charge >= 0.3 is 0 Å². The normalized spacial score (nSPS) is 15.0. The molecular formula is C18H26ClNO3. The number of fused-ring (bicyclic) bond motifs is 1. The molecule has 1 aromatic carbocycles. The first kappa shape index (κ1) is 17.9. The van der Waals surface area contributed by atoms with E-state index in [0.717, 1.165) is 32.2 Å². The highest BCUT2D eigenvalue weighted by molar-refractivity contribution is 6.32. The van der Waals surface area contributed by atoms with Gasteiger partial charge in [0.2, 0.25) is 0 Å². The number of benzene rings is 1. The highest BCUT2D eigenvalue weighted by Crippen LogP contribution is 2.38. The highest BCUT2D eigenvalue weighted by atomic mass is 35.5. The predicted molar refractivity (Wildman–Crippen MR) is 92.8 cm³/mol. The minimum atomic E-state index is 0.00495. The first-order chi connectivity index (χ1) is 11.1. The second-order valence-corrected chi connectivity index (χ2v) is 6.35. The van der Waals surface area contributed by atoms with Crippen molar-refractivity contribution in [3.63, 3.8) is 0 Å². The number of halogens is 1.